The Labute approximate surface area is 183 Å². The predicted molar refractivity (Wildman–Crippen MR) is 126 cm³/mol. The highest BCUT2D eigenvalue weighted by atomic mass is 35.5. The largest absolute Gasteiger partial charge is 0.394 e. The van der Waals surface area contributed by atoms with Crippen molar-refractivity contribution in [2.75, 3.05) is 34.0 Å². The van der Waals surface area contributed by atoms with Gasteiger partial charge in [0.05, 0.1) is 25.4 Å². The lowest BCUT2D eigenvalue weighted by atomic mass is 10.0. The van der Waals surface area contributed by atoms with Crippen molar-refractivity contribution in [2.24, 2.45) is 7.05 Å². The minimum atomic E-state index is -0.621. The minimum Gasteiger partial charge on any atom is -0.394 e. The SMILES string of the molecule is COCC(CO)(COC)NCc1ccc2c(c1)c1c3ccccc3ccc1n2C.Cl. The van der Waals surface area contributed by atoms with Crippen molar-refractivity contribution in [3.63, 3.8) is 0 Å². The zero-order valence-electron chi connectivity index (χ0n) is 17.6. The number of fused-ring (bicyclic) bond motifs is 5. The maximum atomic E-state index is 9.93. The van der Waals surface area contributed by atoms with Gasteiger partial charge in [0, 0.05) is 49.6 Å². The number of aromatic nitrogens is 1. The summed E-state index contributed by atoms with van der Waals surface area (Å²) >= 11 is 0. The van der Waals surface area contributed by atoms with Gasteiger partial charge in [-0.2, -0.15) is 0 Å². The molecule has 1 aromatic heterocycles. The van der Waals surface area contributed by atoms with Gasteiger partial charge in [0.2, 0.25) is 0 Å². The first kappa shape index (κ1) is 22.5. The van der Waals surface area contributed by atoms with Crippen molar-refractivity contribution in [2.45, 2.75) is 12.1 Å². The maximum Gasteiger partial charge on any atom is 0.0889 e. The molecule has 0 bridgehead atoms. The van der Waals surface area contributed by atoms with Crippen molar-refractivity contribution in [1.82, 2.24) is 9.88 Å². The molecule has 0 saturated carbocycles. The fourth-order valence-corrected chi connectivity index (χ4v) is 4.27. The molecule has 0 radical (unpaired) electrons. The number of methoxy groups -OCH3 is 2. The number of aliphatic hydroxyl groups is 1. The highest BCUT2D eigenvalue weighted by Crippen LogP contribution is 2.34. The monoisotopic (exact) mass is 428 g/mol. The molecule has 0 aliphatic heterocycles. The second kappa shape index (κ2) is 9.33. The Hall–Kier alpha value is -2.15. The third-order valence-corrected chi connectivity index (χ3v) is 5.77. The van der Waals surface area contributed by atoms with Crippen molar-refractivity contribution < 1.29 is 14.6 Å². The topological polar surface area (TPSA) is 55.6 Å². The first-order valence-electron chi connectivity index (χ1n) is 9.85. The Morgan fingerprint density at radius 2 is 1.63 bits per heavy atom. The van der Waals surface area contributed by atoms with Crippen LogP contribution in [-0.2, 0) is 23.1 Å². The highest BCUT2D eigenvalue weighted by Gasteiger charge is 2.29. The Kier molecular flexibility index (Phi) is 7.01. The molecule has 1 heterocycles. The van der Waals surface area contributed by atoms with Gasteiger partial charge in [-0.05, 0) is 34.5 Å². The van der Waals surface area contributed by atoms with E-state index in [4.69, 9.17) is 9.47 Å². The van der Waals surface area contributed by atoms with E-state index in [9.17, 15) is 5.11 Å². The van der Waals surface area contributed by atoms with E-state index < -0.39 is 5.54 Å². The minimum absolute atomic E-state index is 0. The van der Waals surface area contributed by atoms with E-state index in [0.29, 0.717) is 19.8 Å². The van der Waals surface area contributed by atoms with Crippen LogP contribution in [0.5, 0.6) is 0 Å². The summed E-state index contributed by atoms with van der Waals surface area (Å²) in [5.41, 5.74) is 2.97. The molecule has 0 aliphatic rings. The summed E-state index contributed by atoms with van der Waals surface area (Å²) in [5.74, 6) is 0. The van der Waals surface area contributed by atoms with Gasteiger partial charge in [-0.1, -0.05) is 36.4 Å². The molecule has 30 heavy (non-hydrogen) atoms. The van der Waals surface area contributed by atoms with Gasteiger partial charge >= 0.3 is 0 Å². The van der Waals surface area contributed by atoms with E-state index in [-0.39, 0.29) is 19.0 Å². The van der Waals surface area contributed by atoms with Gasteiger partial charge in [0.15, 0.2) is 0 Å². The van der Waals surface area contributed by atoms with Crippen LogP contribution in [0.1, 0.15) is 5.56 Å². The second-order valence-electron chi connectivity index (χ2n) is 7.75. The first-order valence-corrected chi connectivity index (χ1v) is 9.85. The predicted octanol–water partition coefficient (Wildman–Crippen LogP) is 4.02. The summed E-state index contributed by atoms with van der Waals surface area (Å²) < 4.78 is 12.9. The lowest BCUT2D eigenvalue weighted by Crippen LogP contribution is -2.55. The molecule has 0 atom stereocenters. The summed E-state index contributed by atoms with van der Waals surface area (Å²) in [4.78, 5) is 0. The molecule has 4 rings (SSSR count). The Morgan fingerprint density at radius 3 is 2.33 bits per heavy atom. The third-order valence-electron chi connectivity index (χ3n) is 5.77. The van der Waals surface area contributed by atoms with Crippen LogP contribution in [-0.4, -0.2) is 49.3 Å². The number of rotatable bonds is 8. The molecule has 0 unspecified atom stereocenters. The zero-order valence-corrected chi connectivity index (χ0v) is 18.5. The van der Waals surface area contributed by atoms with Gasteiger partial charge in [-0.15, -0.1) is 12.4 Å². The molecule has 0 fully saturated rings. The number of nitrogens with zero attached hydrogens (tertiary/aromatic N) is 1. The molecule has 160 valence electrons. The van der Waals surface area contributed by atoms with Gasteiger partial charge < -0.3 is 24.5 Å². The van der Waals surface area contributed by atoms with E-state index in [0.717, 1.165) is 5.56 Å². The molecule has 6 heteroatoms. The van der Waals surface area contributed by atoms with Crippen LogP contribution in [0.2, 0.25) is 0 Å². The fourth-order valence-electron chi connectivity index (χ4n) is 4.27. The van der Waals surface area contributed by atoms with E-state index in [1.807, 2.05) is 0 Å². The van der Waals surface area contributed by atoms with Gasteiger partial charge in [-0.3, -0.25) is 0 Å². The lowest BCUT2D eigenvalue weighted by molar-refractivity contribution is 0.00673. The van der Waals surface area contributed by atoms with Crippen molar-refractivity contribution >= 4 is 45.0 Å². The average molecular weight is 429 g/mol. The first-order chi connectivity index (χ1) is 14.1. The number of hydrogen-bond acceptors (Lipinski definition) is 4. The third kappa shape index (κ3) is 3.92. The number of aryl methyl sites for hydroxylation is 1. The molecule has 2 N–H and O–H groups in total. The van der Waals surface area contributed by atoms with Crippen molar-refractivity contribution in [1.29, 1.82) is 0 Å². The van der Waals surface area contributed by atoms with Gasteiger partial charge in [0.1, 0.15) is 0 Å². The smallest absolute Gasteiger partial charge is 0.0889 e. The van der Waals surface area contributed by atoms with Crippen molar-refractivity contribution in [3.05, 3.63) is 60.2 Å². The van der Waals surface area contributed by atoms with E-state index in [1.165, 1.54) is 32.6 Å². The summed E-state index contributed by atoms with van der Waals surface area (Å²) in [6.07, 6.45) is 0. The van der Waals surface area contributed by atoms with Gasteiger partial charge in [0.25, 0.3) is 0 Å². The van der Waals surface area contributed by atoms with Crippen LogP contribution in [0.15, 0.2) is 54.6 Å². The standard InChI is InChI=1S/C24H28N2O3.ClH/c1-26-21-10-8-17(13-25-24(14-27,15-28-2)16-29-3)12-20(21)23-19-7-5-4-6-18(19)9-11-22(23)26;/h4-12,25,27H,13-16H2,1-3H3;1H. The fraction of sp³-hybridized carbons (Fsp3) is 0.333. The van der Waals surface area contributed by atoms with E-state index in [2.05, 4.69) is 71.5 Å². The number of ether oxygens (including phenoxy) is 2. The van der Waals surface area contributed by atoms with E-state index in [1.54, 1.807) is 14.2 Å². The number of halogens is 1. The number of benzene rings is 3. The highest BCUT2D eigenvalue weighted by molar-refractivity contribution is 6.20. The van der Waals surface area contributed by atoms with Crippen LogP contribution in [0.3, 0.4) is 0 Å². The molecule has 0 aliphatic carbocycles. The van der Waals surface area contributed by atoms with Gasteiger partial charge in [-0.25, -0.2) is 0 Å². The van der Waals surface area contributed by atoms with Crippen LogP contribution < -0.4 is 5.32 Å². The zero-order chi connectivity index (χ0) is 20.4. The summed E-state index contributed by atoms with van der Waals surface area (Å²) in [6, 6.07) is 19.5. The summed E-state index contributed by atoms with van der Waals surface area (Å²) in [5, 5.41) is 18.4. The van der Waals surface area contributed by atoms with Crippen molar-refractivity contribution in [3.8, 4) is 0 Å². The quantitative estimate of drug-likeness (QED) is 0.445. The maximum absolute atomic E-state index is 9.93. The molecular formula is C24H29ClN2O3. The second-order valence-corrected chi connectivity index (χ2v) is 7.75. The van der Waals surface area contributed by atoms with Crippen LogP contribution in [0.25, 0.3) is 32.6 Å². The number of aliphatic hydroxyl groups excluding tert-OH is 1. The Bertz CT molecular complexity index is 1150. The average Bonchev–Trinajstić information content (AvgIpc) is 3.04. The Morgan fingerprint density at radius 1 is 0.933 bits per heavy atom. The molecule has 5 nitrogen and oxygen atoms in total. The number of hydrogen-bond donors (Lipinski definition) is 2. The summed E-state index contributed by atoms with van der Waals surface area (Å²) in [7, 11) is 5.38. The molecule has 4 aromatic rings. The molecule has 3 aromatic carbocycles. The molecule has 0 saturated heterocycles. The molecule has 0 spiro atoms. The van der Waals surface area contributed by atoms with Crippen LogP contribution >= 0.6 is 12.4 Å². The van der Waals surface area contributed by atoms with Crippen LogP contribution in [0, 0.1) is 0 Å². The molecule has 0 amide bonds. The Balaban J connectivity index is 0.00000256. The lowest BCUT2D eigenvalue weighted by Gasteiger charge is -2.31. The normalized spacial score (nSPS) is 12.0. The molecular weight excluding hydrogens is 400 g/mol. The van der Waals surface area contributed by atoms with Crippen LogP contribution in [0.4, 0.5) is 0 Å². The number of nitrogens with one attached hydrogen (secondary N) is 1. The summed E-state index contributed by atoms with van der Waals surface area (Å²) in [6.45, 7) is 1.30. The van der Waals surface area contributed by atoms with E-state index >= 15 is 0 Å².